The molecule has 1 atom stereocenters. The first kappa shape index (κ1) is 13.5. The summed E-state index contributed by atoms with van der Waals surface area (Å²) in [6, 6.07) is 4.44. The lowest BCUT2D eigenvalue weighted by atomic mass is 9.82. The van der Waals surface area contributed by atoms with Crippen LogP contribution in [0.1, 0.15) is 32.8 Å². The summed E-state index contributed by atoms with van der Waals surface area (Å²) in [4.78, 5) is 0. The van der Waals surface area contributed by atoms with Crippen molar-refractivity contribution in [3.05, 3.63) is 34.6 Å². The highest BCUT2D eigenvalue weighted by Crippen LogP contribution is 2.28. The molecule has 0 saturated heterocycles. The van der Waals surface area contributed by atoms with Gasteiger partial charge in [0.15, 0.2) is 0 Å². The van der Waals surface area contributed by atoms with E-state index in [1.165, 1.54) is 12.1 Å². The van der Waals surface area contributed by atoms with Crippen LogP contribution in [-0.4, -0.2) is 10.7 Å². The molecule has 1 aromatic rings. The number of hydrogen-bond acceptors (Lipinski definition) is 1. The molecule has 1 N–H and O–H groups in total. The SMILES string of the molecule is CCC(O)(Cc1cc(Cl)ccc1F)C(C)C. The smallest absolute Gasteiger partial charge is 0.126 e. The molecule has 0 amide bonds. The fraction of sp³-hybridized carbons (Fsp3) is 0.538. The molecule has 0 spiro atoms. The van der Waals surface area contributed by atoms with Crippen LogP contribution in [-0.2, 0) is 6.42 Å². The molecule has 1 rings (SSSR count). The van der Waals surface area contributed by atoms with Gasteiger partial charge in [0.25, 0.3) is 0 Å². The quantitative estimate of drug-likeness (QED) is 0.854. The fourth-order valence-corrected chi connectivity index (χ4v) is 1.94. The Labute approximate surface area is 101 Å². The molecule has 0 aliphatic carbocycles. The zero-order valence-corrected chi connectivity index (χ0v) is 10.7. The van der Waals surface area contributed by atoms with Crippen molar-refractivity contribution in [2.75, 3.05) is 0 Å². The van der Waals surface area contributed by atoms with Gasteiger partial charge in [0, 0.05) is 11.4 Å². The second kappa shape index (κ2) is 5.15. The van der Waals surface area contributed by atoms with Crippen LogP contribution in [0.3, 0.4) is 0 Å². The molecule has 0 radical (unpaired) electrons. The number of benzene rings is 1. The Kier molecular flexibility index (Phi) is 4.34. The second-order valence-electron chi connectivity index (χ2n) is 4.52. The first-order chi connectivity index (χ1) is 7.39. The normalized spacial score (nSPS) is 15.2. The van der Waals surface area contributed by atoms with Gasteiger partial charge >= 0.3 is 0 Å². The number of hydrogen-bond donors (Lipinski definition) is 1. The summed E-state index contributed by atoms with van der Waals surface area (Å²) in [5.74, 6) is -0.229. The van der Waals surface area contributed by atoms with Crippen molar-refractivity contribution in [3.63, 3.8) is 0 Å². The Balaban J connectivity index is 2.98. The monoisotopic (exact) mass is 244 g/mol. The highest BCUT2D eigenvalue weighted by molar-refractivity contribution is 6.30. The van der Waals surface area contributed by atoms with Crippen molar-refractivity contribution in [1.29, 1.82) is 0 Å². The van der Waals surface area contributed by atoms with Crippen LogP contribution in [0.15, 0.2) is 18.2 Å². The van der Waals surface area contributed by atoms with Crippen LogP contribution in [0.25, 0.3) is 0 Å². The summed E-state index contributed by atoms with van der Waals surface area (Å²) in [6.45, 7) is 5.78. The van der Waals surface area contributed by atoms with Crippen LogP contribution >= 0.6 is 11.6 Å². The molecule has 3 heteroatoms. The zero-order chi connectivity index (χ0) is 12.3. The largest absolute Gasteiger partial charge is 0.389 e. The molecule has 0 aliphatic rings. The van der Waals surface area contributed by atoms with Gasteiger partial charge in [0.2, 0.25) is 0 Å². The molecule has 0 saturated carbocycles. The van der Waals surface area contributed by atoms with Gasteiger partial charge in [0.05, 0.1) is 5.60 Å². The van der Waals surface area contributed by atoms with Crippen molar-refractivity contribution in [1.82, 2.24) is 0 Å². The van der Waals surface area contributed by atoms with Crippen LogP contribution in [0.4, 0.5) is 4.39 Å². The van der Waals surface area contributed by atoms with Gasteiger partial charge in [-0.05, 0) is 36.1 Å². The van der Waals surface area contributed by atoms with Crippen molar-refractivity contribution in [2.45, 2.75) is 39.2 Å². The molecule has 90 valence electrons. The van der Waals surface area contributed by atoms with E-state index in [-0.39, 0.29) is 11.7 Å². The third-order valence-corrected chi connectivity index (χ3v) is 3.43. The summed E-state index contributed by atoms with van der Waals surface area (Å²) in [7, 11) is 0. The van der Waals surface area contributed by atoms with Crippen molar-refractivity contribution < 1.29 is 9.50 Å². The van der Waals surface area contributed by atoms with Crippen molar-refractivity contribution in [2.24, 2.45) is 5.92 Å². The van der Waals surface area contributed by atoms with Crippen molar-refractivity contribution in [3.8, 4) is 0 Å². The Morgan fingerprint density at radius 2 is 2.06 bits per heavy atom. The zero-order valence-electron chi connectivity index (χ0n) is 9.93. The minimum Gasteiger partial charge on any atom is -0.389 e. The molecule has 0 fully saturated rings. The van der Waals surface area contributed by atoms with Gasteiger partial charge in [-0.25, -0.2) is 4.39 Å². The van der Waals surface area contributed by atoms with E-state index in [0.717, 1.165) is 0 Å². The lowest BCUT2D eigenvalue weighted by Gasteiger charge is -2.31. The average molecular weight is 245 g/mol. The van der Waals surface area contributed by atoms with Crippen LogP contribution in [0.2, 0.25) is 5.02 Å². The van der Waals surface area contributed by atoms with Crippen LogP contribution in [0.5, 0.6) is 0 Å². The summed E-state index contributed by atoms with van der Waals surface area (Å²) in [5.41, 5.74) is -0.392. The molecule has 1 aromatic carbocycles. The molecule has 16 heavy (non-hydrogen) atoms. The molecule has 0 aromatic heterocycles. The predicted octanol–water partition coefficient (Wildman–Crippen LogP) is 3.82. The molecule has 1 unspecified atom stereocenters. The van der Waals surface area contributed by atoms with E-state index in [0.29, 0.717) is 23.4 Å². The van der Waals surface area contributed by atoms with Gasteiger partial charge in [0.1, 0.15) is 5.82 Å². The first-order valence-corrected chi connectivity index (χ1v) is 5.93. The van der Waals surface area contributed by atoms with E-state index in [2.05, 4.69) is 0 Å². The standard InChI is InChI=1S/C13H18ClFO/c1-4-13(16,9(2)3)8-10-7-11(14)5-6-12(10)15/h5-7,9,16H,4,8H2,1-3H3. The minimum atomic E-state index is -0.870. The van der Waals surface area contributed by atoms with E-state index in [4.69, 9.17) is 11.6 Å². The summed E-state index contributed by atoms with van der Waals surface area (Å²) in [5, 5.41) is 10.9. The Bertz CT molecular complexity index is 365. The van der Waals surface area contributed by atoms with Gasteiger partial charge in [-0.2, -0.15) is 0 Å². The number of halogens is 2. The predicted molar refractivity (Wildman–Crippen MR) is 65.2 cm³/mol. The molecule has 0 heterocycles. The maximum atomic E-state index is 13.5. The van der Waals surface area contributed by atoms with Crippen molar-refractivity contribution >= 4 is 11.6 Å². The van der Waals surface area contributed by atoms with Crippen LogP contribution < -0.4 is 0 Å². The third-order valence-electron chi connectivity index (χ3n) is 3.19. The molecule has 1 nitrogen and oxygen atoms in total. The van der Waals surface area contributed by atoms with Crippen LogP contribution in [0, 0.1) is 11.7 Å². The van der Waals surface area contributed by atoms with Gasteiger partial charge in [-0.15, -0.1) is 0 Å². The second-order valence-corrected chi connectivity index (χ2v) is 4.96. The molecular weight excluding hydrogens is 227 g/mol. The Morgan fingerprint density at radius 1 is 1.44 bits per heavy atom. The number of rotatable bonds is 4. The van der Waals surface area contributed by atoms with E-state index < -0.39 is 5.60 Å². The number of aliphatic hydroxyl groups is 1. The maximum Gasteiger partial charge on any atom is 0.126 e. The summed E-state index contributed by atoms with van der Waals surface area (Å²) < 4.78 is 13.5. The van der Waals surface area contributed by atoms with E-state index in [1.54, 1.807) is 6.07 Å². The highest BCUT2D eigenvalue weighted by atomic mass is 35.5. The highest BCUT2D eigenvalue weighted by Gasteiger charge is 2.30. The Hall–Kier alpha value is -0.600. The van der Waals surface area contributed by atoms with E-state index in [9.17, 15) is 9.50 Å². The van der Waals surface area contributed by atoms with E-state index >= 15 is 0 Å². The average Bonchev–Trinajstić information content (AvgIpc) is 2.23. The lowest BCUT2D eigenvalue weighted by molar-refractivity contribution is -0.00895. The van der Waals surface area contributed by atoms with Gasteiger partial charge in [-0.3, -0.25) is 0 Å². The van der Waals surface area contributed by atoms with Gasteiger partial charge in [-0.1, -0.05) is 32.4 Å². The third kappa shape index (κ3) is 2.96. The Morgan fingerprint density at radius 3 is 2.56 bits per heavy atom. The fourth-order valence-electron chi connectivity index (χ4n) is 1.75. The summed E-state index contributed by atoms with van der Waals surface area (Å²) in [6.07, 6.45) is 0.893. The first-order valence-electron chi connectivity index (χ1n) is 5.55. The van der Waals surface area contributed by atoms with Gasteiger partial charge < -0.3 is 5.11 Å². The molecule has 0 aliphatic heterocycles. The maximum absolute atomic E-state index is 13.5. The molecule has 0 bridgehead atoms. The lowest BCUT2D eigenvalue weighted by Crippen LogP contribution is -2.36. The van der Waals surface area contributed by atoms with E-state index in [1.807, 2.05) is 20.8 Å². The minimum absolute atomic E-state index is 0.0795. The summed E-state index contributed by atoms with van der Waals surface area (Å²) >= 11 is 5.82. The topological polar surface area (TPSA) is 20.2 Å². The molecular formula is C13H18ClFO.